The number of nitrogens with two attached hydrogens (primary N) is 2. The van der Waals surface area contributed by atoms with Crippen molar-refractivity contribution in [2.45, 2.75) is 184 Å². The molecule has 8 saturated heterocycles. The Balaban J connectivity index is 0. The third-order valence-electron chi connectivity index (χ3n) is 12.1. The van der Waals surface area contributed by atoms with Crippen molar-refractivity contribution in [2.75, 3.05) is 97.6 Å². The van der Waals surface area contributed by atoms with E-state index in [1.807, 2.05) is 41.5 Å². The molecule has 0 bridgehead atoms. The number of aldehydes is 1. The van der Waals surface area contributed by atoms with Crippen LogP contribution in [0.4, 0.5) is 22.8 Å². The number of alkyl halides is 4. The van der Waals surface area contributed by atoms with Gasteiger partial charge in [0.15, 0.2) is 24.4 Å². The number of urea groups is 1. The van der Waals surface area contributed by atoms with E-state index in [1.54, 1.807) is 0 Å². The number of ether oxygens (including phenoxy) is 13. The molecular weight excluding hydrogens is 1390 g/mol. The number of amides is 3. The Bertz CT molecular complexity index is 2310. The van der Waals surface area contributed by atoms with Gasteiger partial charge in [-0.15, -0.1) is 40.5 Å². The minimum absolute atomic E-state index is 0. The van der Waals surface area contributed by atoms with Gasteiger partial charge in [0.25, 0.3) is 20.3 Å². The van der Waals surface area contributed by atoms with E-state index < -0.39 is 117 Å². The second-order valence-corrected chi connectivity index (χ2v) is 22.1. The van der Waals surface area contributed by atoms with E-state index in [2.05, 4.69) is 45.9 Å². The molecule has 8 aliphatic rings. The first-order valence-electron chi connectivity index (χ1n) is 27.4. The summed E-state index contributed by atoms with van der Waals surface area (Å²) in [6, 6.07) is -0.624. The van der Waals surface area contributed by atoms with Gasteiger partial charge in [-0.1, -0.05) is 30.8 Å². The second kappa shape index (κ2) is 46.4. The average molecular weight is 1470 g/mol. The Kier molecular flexibility index (Phi) is 45.0. The van der Waals surface area contributed by atoms with Crippen molar-refractivity contribution in [1.82, 2.24) is 10.6 Å². The van der Waals surface area contributed by atoms with Crippen molar-refractivity contribution in [3.63, 3.8) is 0 Å². The van der Waals surface area contributed by atoms with Gasteiger partial charge < -0.3 is 113 Å². The quantitative estimate of drug-likeness (QED) is 0.0115. The zero-order valence-electron chi connectivity index (χ0n) is 50.9. The Morgan fingerprint density at radius 1 is 0.596 bits per heavy atom. The van der Waals surface area contributed by atoms with Crippen molar-refractivity contribution in [3.05, 3.63) is 57.2 Å². The van der Waals surface area contributed by atoms with Crippen LogP contribution in [0.1, 0.15) is 69.2 Å². The molecule has 0 aromatic carbocycles. The number of fused-ring (bicyclic) bond motifs is 4. The molecule has 8 rings (SSSR count). The van der Waals surface area contributed by atoms with Gasteiger partial charge >= 0.3 is 75.7 Å². The number of halogens is 4. The van der Waals surface area contributed by atoms with Gasteiger partial charge in [0.1, 0.15) is 84.4 Å². The molecule has 7 N–H and O–H groups in total. The Morgan fingerprint density at radius 2 is 0.904 bits per heavy atom. The molecule has 45 heteroatoms. The van der Waals surface area contributed by atoms with Crippen LogP contribution in [-0.4, -0.2) is 263 Å². The van der Waals surface area contributed by atoms with Crippen LogP contribution in [-0.2, 0) is 90.5 Å². The largest absolute Gasteiger partial charge is 1.00 e. The molecule has 40 nitrogen and oxygen atoms in total. The predicted molar refractivity (Wildman–Crippen MR) is 306 cm³/mol. The molecule has 8 fully saturated rings. The Morgan fingerprint density at radius 3 is 1.22 bits per heavy atom. The summed E-state index contributed by atoms with van der Waals surface area (Å²) in [7, 11) is 0. The minimum Gasteiger partial charge on any atom is -0.539 e. The van der Waals surface area contributed by atoms with E-state index >= 15 is 0 Å². The molecule has 0 unspecified atom stereocenters. The molecule has 540 valence electrons. The van der Waals surface area contributed by atoms with E-state index in [4.69, 9.17) is 89.6 Å². The smallest absolute Gasteiger partial charge is 0.539 e. The van der Waals surface area contributed by atoms with Crippen molar-refractivity contribution in [1.29, 1.82) is 0 Å². The van der Waals surface area contributed by atoms with Gasteiger partial charge in [-0.2, -0.15) is 13.2 Å². The monoisotopic (exact) mass is 1470 g/mol. The Labute approximate surface area is 587 Å². The minimum atomic E-state index is -4.64. The molecule has 0 aromatic heterocycles. The number of nitrogens with zero attached hydrogens (tertiary/aromatic N) is 5. The zero-order chi connectivity index (χ0) is 68.6. The topological polar surface area (TPSA) is 522 Å². The van der Waals surface area contributed by atoms with Crippen LogP contribution in [0.25, 0.3) is 5.01 Å². The summed E-state index contributed by atoms with van der Waals surface area (Å²) in [4.78, 5) is 100. The third-order valence-corrected chi connectivity index (χ3v) is 12.5. The van der Waals surface area contributed by atoms with Gasteiger partial charge in [-0.05, 0) is 48.0 Å². The summed E-state index contributed by atoms with van der Waals surface area (Å²) >= 11 is 3.19. The number of hydrogen-bond donors (Lipinski definition) is 5. The van der Waals surface area contributed by atoms with Crippen LogP contribution in [0, 0.1) is 52.2 Å². The van der Waals surface area contributed by atoms with Crippen molar-refractivity contribution in [3.8, 4) is 0 Å². The normalized spacial score (nSPS) is 28.4. The number of esters is 1. The first kappa shape index (κ1) is 91.2. The molecule has 3 amide bonds. The molecule has 0 aromatic rings. The maximum atomic E-state index is 11.6. The molecule has 8 heterocycles. The molecule has 0 radical (unpaired) electrons. The predicted octanol–water partition coefficient (Wildman–Crippen LogP) is -1.96. The first-order valence-corrected chi connectivity index (χ1v) is 28.5. The molecule has 8 aliphatic heterocycles. The summed E-state index contributed by atoms with van der Waals surface area (Å²) in [6.45, 7) is 20.1. The van der Waals surface area contributed by atoms with Crippen LogP contribution in [0.2, 0.25) is 0 Å². The van der Waals surface area contributed by atoms with E-state index in [1.165, 1.54) is 5.01 Å². The standard InChI is InChI=1S/C14H23NO8.C9H15N3O7.C8H14N2O6.C7H14BrNO2.C6H9NO6.C2HF3O.CNO.2CH4.K/c1-14(2,3)22-11(16)5-4-6-19-9-7-20-13-10(23-15(17)18)8-21-12(9)13;10-9(13)11-1-2-16-5-3-17-8-6(19-12(14)15)4-18-7(5)8;9-1-2-13-5-3-14-8-6(16-10(11)12)4-15-7(5)8;1-7(2,3)11-6(10)9-5-4-8;8-3-1-11-6-4(13-7(9)10)2-12-5(3)6;3-2(4,5)1-6;1-2-3;;;/h9-10,12-13H,4-8H2,1-3H3;5-8H,1-4H2,(H3,10,11,13);5-8H,1-4,9H2;4-5H2,1-3H3,(H,9,10);3-6,8H,1-2H2;1H;;2*1H4;/q;;;;;;-1;;;+1/t9-,10+,12+,13+;2*5-,6+,7+,8+;;3-,4+,5+,6+;;;;;/m000.0...../s1. The number of primary amides is 1. The van der Waals surface area contributed by atoms with Crippen molar-refractivity contribution in [2.24, 2.45) is 11.5 Å². The second-order valence-electron chi connectivity index (χ2n) is 21.3. The molecule has 0 spiro atoms. The van der Waals surface area contributed by atoms with Crippen LogP contribution in [0.15, 0.2) is 0 Å². The van der Waals surface area contributed by atoms with Crippen LogP contribution >= 0.6 is 15.9 Å². The first-order chi connectivity index (χ1) is 42.7. The Hall–Kier alpha value is -4.84. The molecule has 16 atom stereocenters. The van der Waals surface area contributed by atoms with Gasteiger partial charge in [0.2, 0.25) is 6.29 Å². The molecular formula is C49H84BrF3KN9O31. The number of aliphatic hydroxyl groups excluding tert-OH is 1. The summed E-state index contributed by atoms with van der Waals surface area (Å²) in [5, 5.41) is 62.3. The van der Waals surface area contributed by atoms with E-state index in [0.717, 1.165) is 5.33 Å². The maximum absolute atomic E-state index is 11.6. The molecule has 94 heavy (non-hydrogen) atoms. The number of nitrogens with one attached hydrogen (secondary N) is 2. The summed E-state index contributed by atoms with van der Waals surface area (Å²) < 4.78 is 101. The van der Waals surface area contributed by atoms with Crippen LogP contribution in [0.5, 0.6) is 0 Å². The fraction of sp³-hybridized carbons (Fsp3) is 0.898. The third kappa shape index (κ3) is 35.9. The molecule has 0 saturated carbocycles. The zero-order valence-corrected chi connectivity index (χ0v) is 55.6. The van der Waals surface area contributed by atoms with Gasteiger partial charge in [0, 0.05) is 38.0 Å². The van der Waals surface area contributed by atoms with Crippen LogP contribution < -0.4 is 73.5 Å². The SMILES string of the molecule is C.C.CC(C)(C)OC(=O)CCCO[C@H]1CO[C@H]2[C@@H]1OC[C@H]2O[N+](=O)[O-].CC(C)(C)OC(=O)NCCBr.NC(=O)NCCO[C@H]1CO[C@H]2[C@@H]1OC[C@H]2O[N+](=O)[O-].NCCO[C@H]1CO[C@H]2[C@@H]1OC[C@H]2O[N+](=O)[O-].O=CC(F)(F)F.O=[N+]([O-])O[C@@H]1CO[C@H]2[C@@H]1OC[C@@H]2O.[C-]#[N+][O-].[K+]. The fourth-order valence-corrected chi connectivity index (χ4v) is 9.07. The average Bonchev–Trinajstić information content (AvgIpc) is 1.70. The van der Waals surface area contributed by atoms with Gasteiger partial charge in [-0.3, -0.25) is 14.6 Å². The van der Waals surface area contributed by atoms with E-state index in [-0.39, 0.29) is 168 Å². The van der Waals surface area contributed by atoms with E-state index in [9.17, 15) is 73.1 Å². The van der Waals surface area contributed by atoms with Gasteiger partial charge in [-0.25, -0.2) is 16.2 Å². The number of hydrogen-bond acceptors (Lipinski definition) is 32. The summed E-state index contributed by atoms with van der Waals surface area (Å²) in [6.07, 6.45) is -13.1. The fourth-order valence-electron chi connectivity index (χ4n) is 8.87. The van der Waals surface area contributed by atoms with E-state index in [0.29, 0.717) is 45.9 Å². The maximum Gasteiger partial charge on any atom is 1.00 e. The molecule has 0 aliphatic carbocycles. The summed E-state index contributed by atoms with van der Waals surface area (Å²) in [5.41, 5.74) is 9.32. The number of carbonyl (C=O) groups excluding carboxylic acids is 4. The van der Waals surface area contributed by atoms with Crippen molar-refractivity contribution < 1.29 is 190 Å². The number of alkyl carbamates (subject to hydrolysis) is 1. The van der Waals surface area contributed by atoms with Gasteiger partial charge in [0.05, 0.1) is 66.1 Å². The number of aliphatic hydroxyl groups is 1. The van der Waals surface area contributed by atoms with Crippen molar-refractivity contribution >= 4 is 40.3 Å². The number of carbonyl (C=O) groups is 4. The van der Waals surface area contributed by atoms with Crippen LogP contribution in [0.3, 0.4) is 0 Å². The number of rotatable bonds is 22. The summed E-state index contributed by atoms with van der Waals surface area (Å²) in [5.74, 6) is -0.266.